The normalized spacial score (nSPS) is 13.3. The largest absolute Gasteiger partial charge is 0.348 e. The van der Waals surface area contributed by atoms with Gasteiger partial charge in [-0.25, -0.2) is 9.37 Å². The second-order valence-electron chi connectivity index (χ2n) is 4.13. The molecule has 1 aliphatic heterocycles. The van der Waals surface area contributed by atoms with Crippen LogP contribution >= 0.6 is 23.2 Å². The molecule has 0 unspecified atom stereocenters. The van der Waals surface area contributed by atoms with Crippen molar-refractivity contribution in [3.8, 4) is 11.3 Å². The van der Waals surface area contributed by atoms with Crippen LogP contribution in [-0.2, 0) is 6.54 Å². The highest BCUT2D eigenvalue weighted by atomic mass is 35.5. The number of benzene rings is 1. The smallest absolute Gasteiger partial charge is 0.252 e. The van der Waals surface area contributed by atoms with E-state index in [1.807, 2.05) is 0 Å². The van der Waals surface area contributed by atoms with Crippen molar-refractivity contribution < 1.29 is 9.18 Å². The first-order chi connectivity index (χ1) is 9.06. The summed E-state index contributed by atoms with van der Waals surface area (Å²) in [6.45, 7) is 0.315. The number of rotatable bonds is 1. The molecule has 0 fully saturated rings. The Hall–Kier alpha value is -1.65. The average molecular weight is 297 g/mol. The Morgan fingerprint density at radius 2 is 2.00 bits per heavy atom. The number of aromatic nitrogens is 1. The number of hydrogen-bond donors (Lipinski definition) is 1. The molecule has 0 saturated heterocycles. The first-order valence-electron chi connectivity index (χ1n) is 5.49. The summed E-state index contributed by atoms with van der Waals surface area (Å²) in [5.74, 6) is -0.723. The van der Waals surface area contributed by atoms with Crippen LogP contribution in [-0.4, -0.2) is 10.9 Å². The molecule has 1 N–H and O–H groups in total. The first kappa shape index (κ1) is 12.4. The monoisotopic (exact) mass is 296 g/mol. The Labute approximate surface area is 118 Å². The SMILES string of the molecule is O=C1NCc2c1cc(Cl)nc2-c1ccc(Cl)cc1F. The molecule has 1 aromatic carbocycles. The van der Waals surface area contributed by atoms with Gasteiger partial charge in [0.2, 0.25) is 0 Å². The fourth-order valence-corrected chi connectivity index (χ4v) is 2.44. The third kappa shape index (κ3) is 2.07. The van der Waals surface area contributed by atoms with Crippen molar-refractivity contribution in [1.29, 1.82) is 0 Å². The lowest BCUT2D eigenvalue weighted by molar-refractivity contribution is 0.0965. The predicted octanol–water partition coefficient (Wildman–Crippen LogP) is 3.44. The van der Waals surface area contributed by atoms with E-state index < -0.39 is 5.82 Å². The van der Waals surface area contributed by atoms with Gasteiger partial charge in [-0.2, -0.15) is 0 Å². The summed E-state index contributed by atoms with van der Waals surface area (Å²) in [6, 6.07) is 5.78. The standard InChI is InChI=1S/C13H7Cl2FN2O/c14-6-1-2-7(10(16)3-6)12-9-5-17-13(19)8(9)4-11(15)18-12/h1-4H,5H2,(H,17,19). The summed E-state index contributed by atoms with van der Waals surface area (Å²) in [7, 11) is 0. The molecule has 0 spiro atoms. The topological polar surface area (TPSA) is 42.0 Å². The van der Waals surface area contributed by atoms with Gasteiger partial charge in [0.25, 0.3) is 5.91 Å². The lowest BCUT2D eigenvalue weighted by Crippen LogP contribution is -2.12. The lowest BCUT2D eigenvalue weighted by atomic mass is 10.0. The van der Waals surface area contributed by atoms with Crippen molar-refractivity contribution in [3.63, 3.8) is 0 Å². The highest BCUT2D eigenvalue weighted by Crippen LogP contribution is 2.32. The van der Waals surface area contributed by atoms with Gasteiger partial charge < -0.3 is 5.32 Å². The molecule has 3 nitrogen and oxygen atoms in total. The molecule has 1 aromatic heterocycles. The number of carbonyl (C=O) groups excluding carboxylic acids is 1. The van der Waals surface area contributed by atoms with Crippen LogP contribution in [0.4, 0.5) is 4.39 Å². The minimum absolute atomic E-state index is 0.153. The van der Waals surface area contributed by atoms with Gasteiger partial charge in [-0.15, -0.1) is 0 Å². The maximum Gasteiger partial charge on any atom is 0.252 e. The molecule has 0 saturated carbocycles. The molecular formula is C13H7Cl2FN2O. The van der Waals surface area contributed by atoms with E-state index in [9.17, 15) is 9.18 Å². The third-order valence-corrected chi connectivity index (χ3v) is 3.38. The van der Waals surface area contributed by atoms with Crippen LogP contribution in [0.25, 0.3) is 11.3 Å². The molecule has 2 heterocycles. The number of hydrogen-bond acceptors (Lipinski definition) is 2. The summed E-state index contributed by atoms with van der Waals surface area (Å²) in [5.41, 5.74) is 1.73. The molecule has 3 rings (SSSR count). The molecule has 6 heteroatoms. The second kappa shape index (κ2) is 4.47. The molecule has 0 bridgehead atoms. The minimum atomic E-state index is -0.496. The van der Waals surface area contributed by atoms with E-state index >= 15 is 0 Å². The van der Waals surface area contributed by atoms with E-state index in [4.69, 9.17) is 23.2 Å². The van der Waals surface area contributed by atoms with Crippen molar-refractivity contribution in [2.45, 2.75) is 6.54 Å². The van der Waals surface area contributed by atoms with Crippen LogP contribution < -0.4 is 5.32 Å². The number of nitrogens with one attached hydrogen (secondary N) is 1. The van der Waals surface area contributed by atoms with Gasteiger partial charge in [-0.05, 0) is 24.3 Å². The number of nitrogens with zero attached hydrogens (tertiary/aromatic N) is 1. The number of amides is 1. The van der Waals surface area contributed by atoms with E-state index in [1.54, 1.807) is 6.07 Å². The molecule has 19 heavy (non-hydrogen) atoms. The molecule has 96 valence electrons. The van der Waals surface area contributed by atoms with Gasteiger partial charge in [0.15, 0.2) is 0 Å². The van der Waals surface area contributed by atoms with Crippen LogP contribution in [0.15, 0.2) is 24.3 Å². The number of fused-ring (bicyclic) bond motifs is 1. The van der Waals surface area contributed by atoms with E-state index in [0.29, 0.717) is 28.4 Å². The van der Waals surface area contributed by atoms with Gasteiger partial charge in [0, 0.05) is 28.3 Å². The predicted molar refractivity (Wildman–Crippen MR) is 70.8 cm³/mol. The summed E-state index contributed by atoms with van der Waals surface area (Å²) in [4.78, 5) is 15.8. The van der Waals surface area contributed by atoms with Gasteiger partial charge in [0.05, 0.1) is 5.69 Å². The van der Waals surface area contributed by atoms with E-state index in [1.165, 1.54) is 18.2 Å². The average Bonchev–Trinajstić information content (AvgIpc) is 2.71. The zero-order valence-electron chi connectivity index (χ0n) is 9.51. The Bertz CT molecular complexity index is 703. The highest BCUT2D eigenvalue weighted by molar-refractivity contribution is 6.31. The molecule has 1 aliphatic rings. The summed E-state index contributed by atoms with van der Waals surface area (Å²) < 4.78 is 14.0. The highest BCUT2D eigenvalue weighted by Gasteiger charge is 2.25. The van der Waals surface area contributed by atoms with Gasteiger partial charge in [-0.3, -0.25) is 4.79 Å². The lowest BCUT2D eigenvalue weighted by Gasteiger charge is -2.08. The van der Waals surface area contributed by atoms with E-state index in [2.05, 4.69) is 10.3 Å². The summed E-state index contributed by atoms with van der Waals surface area (Å²) >= 11 is 11.6. The van der Waals surface area contributed by atoms with Crippen LogP contribution in [0.1, 0.15) is 15.9 Å². The third-order valence-electron chi connectivity index (χ3n) is 2.95. The fraction of sp³-hybridized carbons (Fsp3) is 0.0769. The number of pyridine rings is 1. The Balaban J connectivity index is 2.26. The van der Waals surface area contributed by atoms with E-state index in [-0.39, 0.29) is 16.6 Å². The van der Waals surface area contributed by atoms with Gasteiger partial charge in [0.1, 0.15) is 11.0 Å². The quantitative estimate of drug-likeness (QED) is 0.819. The van der Waals surface area contributed by atoms with Crippen LogP contribution in [0.5, 0.6) is 0 Å². The number of halogens is 3. The molecule has 0 radical (unpaired) electrons. The van der Waals surface area contributed by atoms with Crippen LogP contribution in [0, 0.1) is 5.82 Å². The molecule has 2 aromatic rings. The van der Waals surface area contributed by atoms with E-state index in [0.717, 1.165) is 0 Å². The molecular weight excluding hydrogens is 290 g/mol. The summed E-state index contributed by atoms with van der Waals surface area (Å²) in [6.07, 6.45) is 0. The van der Waals surface area contributed by atoms with Crippen molar-refractivity contribution in [1.82, 2.24) is 10.3 Å². The zero-order valence-corrected chi connectivity index (χ0v) is 11.0. The Morgan fingerprint density at radius 1 is 1.21 bits per heavy atom. The fourth-order valence-electron chi connectivity index (χ4n) is 2.09. The molecule has 0 aliphatic carbocycles. The van der Waals surface area contributed by atoms with Crippen LogP contribution in [0.2, 0.25) is 10.2 Å². The maximum absolute atomic E-state index is 14.0. The number of carbonyl (C=O) groups is 1. The van der Waals surface area contributed by atoms with Crippen molar-refractivity contribution in [3.05, 3.63) is 51.4 Å². The Morgan fingerprint density at radius 3 is 2.74 bits per heavy atom. The van der Waals surface area contributed by atoms with Crippen molar-refractivity contribution in [2.75, 3.05) is 0 Å². The molecule has 0 atom stereocenters. The maximum atomic E-state index is 14.0. The molecule has 1 amide bonds. The van der Waals surface area contributed by atoms with Crippen molar-refractivity contribution >= 4 is 29.1 Å². The minimum Gasteiger partial charge on any atom is -0.348 e. The zero-order chi connectivity index (χ0) is 13.6. The van der Waals surface area contributed by atoms with Crippen molar-refractivity contribution in [2.24, 2.45) is 0 Å². The van der Waals surface area contributed by atoms with Gasteiger partial charge in [-0.1, -0.05) is 23.2 Å². The first-order valence-corrected chi connectivity index (χ1v) is 6.25. The second-order valence-corrected chi connectivity index (χ2v) is 4.95. The van der Waals surface area contributed by atoms with Gasteiger partial charge >= 0.3 is 0 Å². The summed E-state index contributed by atoms with van der Waals surface area (Å²) in [5, 5.41) is 3.12. The van der Waals surface area contributed by atoms with Crippen LogP contribution in [0.3, 0.4) is 0 Å². The Kier molecular flexibility index (Phi) is 2.92.